The lowest BCUT2D eigenvalue weighted by molar-refractivity contribution is 0.564. The van der Waals surface area contributed by atoms with E-state index in [2.05, 4.69) is 10.2 Å². The number of aromatic nitrogens is 3. The summed E-state index contributed by atoms with van der Waals surface area (Å²) >= 11 is 0. The molecule has 0 aliphatic rings. The number of anilines is 1. The van der Waals surface area contributed by atoms with Gasteiger partial charge < -0.3 is 17.3 Å². The molecule has 0 amide bonds. The van der Waals surface area contributed by atoms with Crippen molar-refractivity contribution >= 4 is 5.95 Å². The standard InChI is InChI=1S/C6H14N6/c1-4(3-7)2-5-10-11-6(8)12(5)9/h4H,2-3,7,9H2,1H3,(H2,8,11). The fourth-order valence-electron chi connectivity index (χ4n) is 0.872. The molecule has 1 rings (SSSR count). The molecule has 1 heterocycles. The van der Waals surface area contributed by atoms with Crippen molar-refractivity contribution in [3.63, 3.8) is 0 Å². The van der Waals surface area contributed by atoms with Gasteiger partial charge in [0.2, 0.25) is 5.95 Å². The first-order valence-electron chi connectivity index (χ1n) is 3.80. The number of nitrogens with zero attached hydrogens (tertiary/aromatic N) is 3. The number of hydrogen-bond donors (Lipinski definition) is 3. The van der Waals surface area contributed by atoms with E-state index in [0.717, 1.165) is 0 Å². The van der Waals surface area contributed by atoms with E-state index < -0.39 is 0 Å². The Morgan fingerprint density at radius 1 is 1.50 bits per heavy atom. The maximum absolute atomic E-state index is 5.53. The van der Waals surface area contributed by atoms with Crippen LogP contribution in [0.25, 0.3) is 0 Å². The summed E-state index contributed by atoms with van der Waals surface area (Å²) in [5.74, 6) is 6.78. The van der Waals surface area contributed by atoms with Crippen LogP contribution >= 0.6 is 0 Å². The van der Waals surface area contributed by atoms with Crippen LogP contribution < -0.4 is 17.3 Å². The molecule has 6 nitrogen and oxygen atoms in total. The molecule has 1 unspecified atom stereocenters. The Balaban J connectivity index is 2.69. The lowest BCUT2D eigenvalue weighted by Gasteiger charge is -2.06. The predicted octanol–water partition coefficient (Wildman–Crippen LogP) is -1.29. The molecule has 68 valence electrons. The van der Waals surface area contributed by atoms with Gasteiger partial charge in [0, 0.05) is 6.42 Å². The Bertz CT molecular complexity index is 255. The minimum Gasteiger partial charge on any atom is -0.366 e. The van der Waals surface area contributed by atoms with Crippen LogP contribution in [0.4, 0.5) is 5.95 Å². The monoisotopic (exact) mass is 170 g/mol. The zero-order chi connectivity index (χ0) is 9.14. The molecule has 6 heteroatoms. The minimum absolute atomic E-state index is 0.231. The van der Waals surface area contributed by atoms with E-state index in [-0.39, 0.29) is 5.95 Å². The van der Waals surface area contributed by atoms with Crippen molar-refractivity contribution in [2.75, 3.05) is 18.1 Å². The highest BCUT2D eigenvalue weighted by Crippen LogP contribution is 2.04. The van der Waals surface area contributed by atoms with Crippen molar-refractivity contribution in [3.8, 4) is 0 Å². The summed E-state index contributed by atoms with van der Waals surface area (Å²) < 4.78 is 1.28. The number of nitrogens with two attached hydrogens (primary N) is 3. The molecule has 0 bridgehead atoms. The average molecular weight is 170 g/mol. The van der Waals surface area contributed by atoms with Gasteiger partial charge in [0.25, 0.3) is 0 Å². The molecule has 0 aliphatic heterocycles. The van der Waals surface area contributed by atoms with Gasteiger partial charge in [-0.2, -0.15) is 0 Å². The van der Waals surface area contributed by atoms with Crippen LogP contribution in [-0.4, -0.2) is 21.4 Å². The zero-order valence-corrected chi connectivity index (χ0v) is 7.07. The first-order chi connectivity index (χ1) is 5.65. The van der Waals surface area contributed by atoms with Gasteiger partial charge in [0.15, 0.2) is 5.82 Å². The summed E-state index contributed by atoms with van der Waals surface area (Å²) in [6.07, 6.45) is 0.706. The molecule has 0 saturated carbocycles. The normalized spacial score (nSPS) is 13.2. The second-order valence-electron chi connectivity index (χ2n) is 2.89. The molecule has 0 aromatic carbocycles. The van der Waals surface area contributed by atoms with Crippen molar-refractivity contribution in [1.82, 2.24) is 14.9 Å². The summed E-state index contributed by atoms with van der Waals surface area (Å²) in [5, 5.41) is 7.44. The van der Waals surface area contributed by atoms with Gasteiger partial charge in [-0.15, -0.1) is 10.2 Å². The highest BCUT2D eigenvalue weighted by molar-refractivity contribution is 5.17. The van der Waals surface area contributed by atoms with Crippen LogP contribution in [0.1, 0.15) is 12.7 Å². The summed E-state index contributed by atoms with van der Waals surface area (Å²) in [4.78, 5) is 0. The molecule has 1 atom stereocenters. The first-order valence-corrected chi connectivity index (χ1v) is 3.80. The van der Waals surface area contributed by atoms with Crippen molar-refractivity contribution in [3.05, 3.63) is 5.82 Å². The molecule has 12 heavy (non-hydrogen) atoms. The largest absolute Gasteiger partial charge is 0.366 e. The molecule has 0 saturated heterocycles. The van der Waals surface area contributed by atoms with Gasteiger partial charge in [-0.25, -0.2) is 4.68 Å². The fourth-order valence-corrected chi connectivity index (χ4v) is 0.872. The third-order valence-corrected chi connectivity index (χ3v) is 1.73. The minimum atomic E-state index is 0.231. The topological polar surface area (TPSA) is 109 Å². The SMILES string of the molecule is CC(CN)Cc1nnc(N)n1N. The van der Waals surface area contributed by atoms with Crippen molar-refractivity contribution < 1.29 is 0 Å². The van der Waals surface area contributed by atoms with E-state index in [1.54, 1.807) is 0 Å². The molecular formula is C6H14N6. The molecule has 0 aliphatic carbocycles. The van der Waals surface area contributed by atoms with E-state index in [1.165, 1.54) is 4.68 Å². The van der Waals surface area contributed by atoms with Gasteiger partial charge in [0.05, 0.1) is 0 Å². The second kappa shape index (κ2) is 3.40. The smallest absolute Gasteiger partial charge is 0.240 e. The molecular weight excluding hydrogens is 156 g/mol. The molecule has 1 aromatic heterocycles. The second-order valence-corrected chi connectivity index (χ2v) is 2.89. The maximum atomic E-state index is 5.53. The van der Waals surface area contributed by atoms with E-state index >= 15 is 0 Å². The third kappa shape index (κ3) is 1.65. The molecule has 6 N–H and O–H groups in total. The van der Waals surface area contributed by atoms with Crippen LogP contribution in [0.15, 0.2) is 0 Å². The predicted molar refractivity (Wildman–Crippen MR) is 46.5 cm³/mol. The lowest BCUT2D eigenvalue weighted by atomic mass is 10.1. The van der Waals surface area contributed by atoms with Crippen molar-refractivity contribution in [2.45, 2.75) is 13.3 Å². The van der Waals surface area contributed by atoms with Crippen LogP contribution in [0, 0.1) is 5.92 Å². The summed E-state index contributed by atoms with van der Waals surface area (Å²) in [6, 6.07) is 0. The average Bonchev–Trinajstić information content (AvgIpc) is 2.36. The van der Waals surface area contributed by atoms with Crippen LogP contribution in [-0.2, 0) is 6.42 Å². The first kappa shape index (κ1) is 8.79. The summed E-state index contributed by atoms with van der Waals surface area (Å²) in [5.41, 5.74) is 10.8. The molecule has 0 fully saturated rings. The Kier molecular flexibility index (Phi) is 2.49. The van der Waals surface area contributed by atoms with Gasteiger partial charge >= 0.3 is 0 Å². The van der Waals surface area contributed by atoms with Crippen molar-refractivity contribution in [2.24, 2.45) is 11.7 Å². The van der Waals surface area contributed by atoms with Gasteiger partial charge in [-0.3, -0.25) is 0 Å². The quantitative estimate of drug-likeness (QED) is 0.489. The lowest BCUT2D eigenvalue weighted by Crippen LogP contribution is -2.20. The number of rotatable bonds is 3. The van der Waals surface area contributed by atoms with Crippen LogP contribution in [0.2, 0.25) is 0 Å². The van der Waals surface area contributed by atoms with E-state index in [0.29, 0.717) is 24.7 Å². The molecule has 0 radical (unpaired) electrons. The van der Waals surface area contributed by atoms with Crippen LogP contribution in [0.3, 0.4) is 0 Å². The van der Waals surface area contributed by atoms with E-state index in [9.17, 15) is 0 Å². The Labute approximate surface area is 70.7 Å². The highest BCUT2D eigenvalue weighted by Gasteiger charge is 2.09. The molecule has 0 spiro atoms. The Morgan fingerprint density at radius 2 is 2.17 bits per heavy atom. The Hall–Kier alpha value is -1.30. The summed E-state index contributed by atoms with van der Waals surface area (Å²) in [6.45, 7) is 2.62. The Morgan fingerprint density at radius 3 is 2.58 bits per heavy atom. The van der Waals surface area contributed by atoms with Gasteiger partial charge in [0.1, 0.15) is 0 Å². The van der Waals surface area contributed by atoms with Crippen LogP contribution in [0.5, 0.6) is 0 Å². The molecule has 1 aromatic rings. The van der Waals surface area contributed by atoms with Gasteiger partial charge in [-0.1, -0.05) is 6.92 Å². The van der Waals surface area contributed by atoms with Gasteiger partial charge in [-0.05, 0) is 12.5 Å². The van der Waals surface area contributed by atoms with E-state index in [1.807, 2.05) is 6.92 Å². The summed E-state index contributed by atoms with van der Waals surface area (Å²) in [7, 11) is 0. The maximum Gasteiger partial charge on any atom is 0.240 e. The third-order valence-electron chi connectivity index (χ3n) is 1.73. The fraction of sp³-hybridized carbons (Fsp3) is 0.667. The number of nitrogen functional groups attached to an aromatic ring is 2. The zero-order valence-electron chi connectivity index (χ0n) is 7.07. The number of hydrogen-bond acceptors (Lipinski definition) is 5. The van der Waals surface area contributed by atoms with Crippen molar-refractivity contribution in [1.29, 1.82) is 0 Å². The van der Waals surface area contributed by atoms with E-state index in [4.69, 9.17) is 17.3 Å². The highest BCUT2D eigenvalue weighted by atomic mass is 15.4.